The highest BCUT2D eigenvalue weighted by Gasteiger charge is 2.14. The summed E-state index contributed by atoms with van der Waals surface area (Å²) in [7, 11) is 0. The van der Waals surface area contributed by atoms with E-state index in [1.165, 1.54) is 0 Å². The van der Waals surface area contributed by atoms with Crippen molar-refractivity contribution < 1.29 is 4.74 Å². The summed E-state index contributed by atoms with van der Waals surface area (Å²) in [6.07, 6.45) is -0.235. The first-order valence-electron chi connectivity index (χ1n) is 6.20. The SMILES string of the molecule is CC(Oc1ccc(Cl)cc1Cl)c1nc2ccccc2[nH]1. The largest absolute Gasteiger partial charge is 0.481 e. The molecule has 0 aliphatic rings. The lowest BCUT2D eigenvalue weighted by Gasteiger charge is -2.13. The molecule has 1 unspecified atom stereocenters. The van der Waals surface area contributed by atoms with Gasteiger partial charge in [-0.1, -0.05) is 35.3 Å². The Labute approximate surface area is 126 Å². The fourth-order valence-electron chi connectivity index (χ4n) is 1.98. The molecule has 0 radical (unpaired) electrons. The summed E-state index contributed by atoms with van der Waals surface area (Å²) in [6, 6.07) is 13.0. The number of nitrogens with one attached hydrogen (secondary N) is 1. The summed E-state index contributed by atoms with van der Waals surface area (Å²) in [6.45, 7) is 1.92. The van der Waals surface area contributed by atoms with Gasteiger partial charge < -0.3 is 9.72 Å². The zero-order valence-electron chi connectivity index (χ0n) is 10.7. The number of benzene rings is 2. The van der Waals surface area contributed by atoms with Crippen LogP contribution in [0.2, 0.25) is 10.0 Å². The van der Waals surface area contributed by atoms with Crippen molar-refractivity contribution >= 4 is 34.2 Å². The number of para-hydroxylation sites is 2. The molecule has 0 aliphatic carbocycles. The van der Waals surface area contributed by atoms with Crippen LogP contribution in [0.1, 0.15) is 18.9 Å². The van der Waals surface area contributed by atoms with Crippen LogP contribution in [0.4, 0.5) is 0 Å². The third kappa shape index (κ3) is 2.60. The van der Waals surface area contributed by atoms with E-state index < -0.39 is 0 Å². The van der Waals surface area contributed by atoms with Gasteiger partial charge in [0.15, 0.2) is 6.10 Å². The number of rotatable bonds is 3. The van der Waals surface area contributed by atoms with Crippen molar-refractivity contribution in [2.45, 2.75) is 13.0 Å². The van der Waals surface area contributed by atoms with Crippen molar-refractivity contribution in [3.63, 3.8) is 0 Å². The summed E-state index contributed by atoms with van der Waals surface area (Å²) < 4.78 is 5.83. The molecular weight excluding hydrogens is 295 g/mol. The van der Waals surface area contributed by atoms with E-state index in [4.69, 9.17) is 27.9 Å². The predicted molar refractivity (Wildman–Crippen MR) is 81.6 cm³/mol. The molecule has 1 aromatic heterocycles. The lowest BCUT2D eigenvalue weighted by atomic mass is 10.3. The highest BCUT2D eigenvalue weighted by atomic mass is 35.5. The van der Waals surface area contributed by atoms with Crippen LogP contribution in [0.15, 0.2) is 42.5 Å². The van der Waals surface area contributed by atoms with Gasteiger partial charge in [0.05, 0.1) is 16.1 Å². The Morgan fingerprint density at radius 1 is 1.15 bits per heavy atom. The van der Waals surface area contributed by atoms with Gasteiger partial charge in [0.25, 0.3) is 0 Å². The van der Waals surface area contributed by atoms with Crippen molar-refractivity contribution in [2.24, 2.45) is 0 Å². The number of nitrogens with zero attached hydrogens (tertiary/aromatic N) is 1. The van der Waals surface area contributed by atoms with E-state index in [1.807, 2.05) is 31.2 Å². The second-order valence-corrected chi connectivity index (χ2v) is 5.32. The Morgan fingerprint density at radius 2 is 1.95 bits per heavy atom. The Morgan fingerprint density at radius 3 is 2.70 bits per heavy atom. The first kappa shape index (κ1) is 13.3. The first-order chi connectivity index (χ1) is 9.63. The van der Waals surface area contributed by atoms with Crippen LogP contribution in [-0.4, -0.2) is 9.97 Å². The summed E-state index contributed by atoms with van der Waals surface area (Å²) >= 11 is 12.0. The second-order valence-electron chi connectivity index (χ2n) is 4.47. The molecule has 0 aliphatic heterocycles. The maximum atomic E-state index is 6.10. The van der Waals surface area contributed by atoms with Gasteiger partial charge in [-0.2, -0.15) is 0 Å². The quantitative estimate of drug-likeness (QED) is 0.738. The molecule has 20 heavy (non-hydrogen) atoms. The maximum absolute atomic E-state index is 6.10. The lowest BCUT2D eigenvalue weighted by molar-refractivity contribution is 0.218. The Kier molecular flexibility index (Phi) is 3.55. The van der Waals surface area contributed by atoms with Gasteiger partial charge in [-0.25, -0.2) is 4.98 Å². The highest BCUT2D eigenvalue weighted by Crippen LogP contribution is 2.31. The van der Waals surface area contributed by atoms with Gasteiger partial charge >= 0.3 is 0 Å². The van der Waals surface area contributed by atoms with Crippen LogP contribution in [0.5, 0.6) is 5.75 Å². The Balaban J connectivity index is 1.86. The van der Waals surface area contributed by atoms with Crippen LogP contribution in [0.25, 0.3) is 11.0 Å². The number of imidazole rings is 1. The molecule has 0 spiro atoms. The third-order valence-corrected chi connectivity index (χ3v) is 3.52. The number of H-pyrrole nitrogens is 1. The smallest absolute Gasteiger partial charge is 0.153 e. The lowest BCUT2D eigenvalue weighted by Crippen LogP contribution is -2.05. The fourth-order valence-corrected chi connectivity index (χ4v) is 2.44. The number of aromatic nitrogens is 2. The molecule has 5 heteroatoms. The molecular formula is C15H12Cl2N2O. The number of ether oxygens (including phenoxy) is 1. The summed E-state index contributed by atoms with van der Waals surface area (Å²) in [5.41, 5.74) is 1.90. The van der Waals surface area contributed by atoms with E-state index in [2.05, 4.69) is 9.97 Å². The first-order valence-corrected chi connectivity index (χ1v) is 6.95. The van der Waals surface area contributed by atoms with Crippen LogP contribution in [0, 0.1) is 0 Å². The topological polar surface area (TPSA) is 37.9 Å². The molecule has 3 rings (SSSR count). The fraction of sp³-hybridized carbons (Fsp3) is 0.133. The zero-order valence-corrected chi connectivity index (χ0v) is 12.2. The van der Waals surface area contributed by atoms with Crippen molar-refractivity contribution in [1.29, 1.82) is 0 Å². The molecule has 3 aromatic rings. The standard InChI is InChI=1S/C15H12Cl2N2O/c1-9(20-14-7-6-10(16)8-11(14)17)15-18-12-4-2-3-5-13(12)19-15/h2-9H,1H3,(H,18,19). The number of aromatic amines is 1. The minimum absolute atomic E-state index is 0.235. The average molecular weight is 307 g/mol. The number of halogens is 2. The number of fused-ring (bicyclic) bond motifs is 1. The number of hydrogen-bond donors (Lipinski definition) is 1. The van der Waals surface area contributed by atoms with E-state index in [0.29, 0.717) is 15.8 Å². The molecule has 102 valence electrons. The molecule has 1 heterocycles. The van der Waals surface area contributed by atoms with Gasteiger partial charge in [0.2, 0.25) is 0 Å². The van der Waals surface area contributed by atoms with Gasteiger partial charge in [-0.3, -0.25) is 0 Å². The molecule has 1 atom stereocenters. The van der Waals surface area contributed by atoms with E-state index in [1.54, 1.807) is 18.2 Å². The van der Waals surface area contributed by atoms with Crippen molar-refractivity contribution in [3.8, 4) is 5.75 Å². The van der Waals surface area contributed by atoms with Crippen molar-refractivity contribution in [1.82, 2.24) is 9.97 Å². The third-order valence-electron chi connectivity index (χ3n) is 2.99. The summed E-state index contributed by atoms with van der Waals surface area (Å²) in [5, 5.41) is 1.07. The van der Waals surface area contributed by atoms with Crippen molar-refractivity contribution in [2.75, 3.05) is 0 Å². The maximum Gasteiger partial charge on any atom is 0.153 e. The second kappa shape index (κ2) is 5.35. The van der Waals surface area contributed by atoms with Crippen LogP contribution < -0.4 is 4.74 Å². The normalized spacial score (nSPS) is 12.6. The molecule has 1 N–H and O–H groups in total. The minimum Gasteiger partial charge on any atom is -0.481 e. The molecule has 3 nitrogen and oxygen atoms in total. The molecule has 0 fully saturated rings. The molecule has 0 saturated heterocycles. The number of hydrogen-bond acceptors (Lipinski definition) is 2. The van der Waals surface area contributed by atoms with E-state index in [9.17, 15) is 0 Å². The highest BCUT2D eigenvalue weighted by molar-refractivity contribution is 6.35. The van der Waals surface area contributed by atoms with Crippen molar-refractivity contribution in [3.05, 3.63) is 58.3 Å². The van der Waals surface area contributed by atoms with E-state index >= 15 is 0 Å². The summed E-state index contributed by atoms with van der Waals surface area (Å²) in [5.74, 6) is 1.35. The van der Waals surface area contributed by atoms with Crippen LogP contribution in [0.3, 0.4) is 0 Å². The van der Waals surface area contributed by atoms with E-state index in [-0.39, 0.29) is 6.10 Å². The molecule has 0 saturated carbocycles. The molecule has 0 amide bonds. The van der Waals surface area contributed by atoms with Gasteiger partial charge in [0, 0.05) is 5.02 Å². The summed E-state index contributed by atoms with van der Waals surface area (Å²) in [4.78, 5) is 7.75. The van der Waals surface area contributed by atoms with Crippen LogP contribution >= 0.6 is 23.2 Å². The van der Waals surface area contributed by atoms with Crippen LogP contribution in [-0.2, 0) is 0 Å². The average Bonchev–Trinajstić information content (AvgIpc) is 2.86. The van der Waals surface area contributed by atoms with Gasteiger partial charge in [-0.05, 0) is 37.3 Å². The van der Waals surface area contributed by atoms with E-state index in [0.717, 1.165) is 16.9 Å². The Hall–Kier alpha value is -1.71. The Bertz CT molecular complexity index is 721. The molecule has 0 bridgehead atoms. The molecule has 2 aromatic carbocycles. The van der Waals surface area contributed by atoms with Gasteiger partial charge in [0.1, 0.15) is 11.6 Å². The minimum atomic E-state index is -0.235. The monoisotopic (exact) mass is 306 g/mol. The predicted octanol–water partition coefficient (Wildman–Crippen LogP) is 5.01. The zero-order chi connectivity index (χ0) is 14.1. The van der Waals surface area contributed by atoms with Gasteiger partial charge in [-0.15, -0.1) is 0 Å².